The van der Waals surface area contributed by atoms with Gasteiger partial charge in [-0.25, -0.2) is 4.39 Å². The van der Waals surface area contributed by atoms with Crippen molar-refractivity contribution in [2.45, 2.75) is 33.2 Å². The van der Waals surface area contributed by atoms with Gasteiger partial charge in [0, 0.05) is 23.9 Å². The van der Waals surface area contributed by atoms with E-state index in [-0.39, 0.29) is 11.9 Å². The second-order valence-electron chi connectivity index (χ2n) is 5.22. The molecule has 0 aliphatic rings. The molecule has 2 aromatic rings. The third kappa shape index (κ3) is 2.90. The molecule has 0 aliphatic carbocycles. The highest BCUT2D eigenvalue weighted by molar-refractivity contribution is 5.36. The molecule has 1 N–H and O–H groups in total. The Labute approximate surface area is 119 Å². The number of benzene rings is 1. The van der Waals surface area contributed by atoms with Gasteiger partial charge in [-0.1, -0.05) is 24.6 Å². The number of nitrogens with one attached hydrogen (secondary N) is 1. The van der Waals surface area contributed by atoms with Gasteiger partial charge in [-0.2, -0.15) is 5.10 Å². The Morgan fingerprint density at radius 2 is 2.05 bits per heavy atom. The minimum Gasteiger partial charge on any atom is -0.306 e. The maximum Gasteiger partial charge on any atom is 0.128 e. The van der Waals surface area contributed by atoms with Crippen molar-refractivity contribution >= 4 is 0 Å². The number of hydrogen-bond donors (Lipinski definition) is 1. The molecule has 0 saturated carbocycles. The Morgan fingerprint density at radius 3 is 2.65 bits per heavy atom. The van der Waals surface area contributed by atoms with Crippen LogP contribution in [0, 0.1) is 19.7 Å². The van der Waals surface area contributed by atoms with E-state index < -0.39 is 0 Å². The van der Waals surface area contributed by atoms with Gasteiger partial charge >= 0.3 is 0 Å². The van der Waals surface area contributed by atoms with Crippen LogP contribution in [0.15, 0.2) is 24.4 Å². The molecule has 1 heterocycles. The fourth-order valence-electron chi connectivity index (χ4n) is 2.36. The van der Waals surface area contributed by atoms with Crippen molar-refractivity contribution in [3.8, 4) is 0 Å². The first-order valence-electron chi connectivity index (χ1n) is 7.02. The predicted octanol–water partition coefficient (Wildman–Crippen LogP) is 3.27. The summed E-state index contributed by atoms with van der Waals surface area (Å²) in [6.45, 7) is 6.94. The van der Waals surface area contributed by atoms with Crippen molar-refractivity contribution in [2.75, 3.05) is 6.54 Å². The molecule has 0 bridgehead atoms. The molecule has 0 amide bonds. The molecule has 0 aliphatic heterocycles. The molecule has 0 radical (unpaired) electrons. The number of halogens is 1. The third-order valence-electron chi connectivity index (χ3n) is 3.65. The van der Waals surface area contributed by atoms with Gasteiger partial charge in [-0.15, -0.1) is 0 Å². The van der Waals surface area contributed by atoms with Crippen LogP contribution in [-0.4, -0.2) is 16.3 Å². The quantitative estimate of drug-likeness (QED) is 0.907. The van der Waals surface area contributed by atoms with Crippen LogP contribution in [0.3, 0.4) is 0 Å². The van der Waals surface area contributed by atoms with Gasteiger partial charge in [0.25, 0.3) is 0 Å². The normalized spacial score (nSPS) is 12.7. The number of aryl methyl sites for hydroxylation is 2. The molecule has 20 heavy (non-hydrogen) atoms. The van der Waals surface area contributed by atoms with Crippen LogP contribution in [0.5, 0.6) is 0 Å². The van der Waals surface area contributed by atoms with Gasteiger partial charge in [0.1, 0.15) is 5.82 Å². The Hall–Kier alpha value is -1.68. The zero-order valence-electron chi connectivity index (χ0n) is 12.6. The van der Waals surface area contributed by atoms with Crippen molar-refractivity contribution in [3.05, 3.63) is 52.6 Å². The van der Waals surface area contributed by atoms with Crippen molar-refractivity contribution in [3.63, 3.8) is 0 Å². The highest BCUT2D eigenvalue weighted by Crippen LogP contribution is 2.27. The molecule has 108 valence electrons. The van der Waals surface area contributed by atoms with Gasteiger partial charge in [0.2, 0.25) is 0 Å². The van der Waals surface area contributed by atoms with E-state index >= 15 is 0 Å². The highest BCUT2D eigenvalue weighted by atomic mass is 19.1. The van der Waals surface area contributed by atoms with E-state index in [1.54, 1.807) is 6.07 Å². The molecule has 0 saturated heterocycles. The SMILES string of the molecule is CCCNC(c1cc(C)ccc1F)c1cnn(C)c1C. The summed E-state index contributed by atoms with van der Waals surface area (Å²) in [5.41, 5.74) is 3.84. The van der Waals surface area contributed by atoms with Crippen LogP contribution in [0.25, 0.3) is 0 Å². The molecular formula is C16H22FN3. The Kier molecular flexibility index (Phi) is 4.55. The van der Waals surface area contributed by atoms with E-state index in [1.807, 2.05) is 37.8 Å². The fraction of sp³-hybridized carbons (Fsp3) is 0.438. The van der Waals surface area contributed by atoms with Crippen LogP contribution in [-0.2, 0) is 7.05 Å². The molecule has 4 heteroatoms. The van der Waals surface area contributed by atoms with Crippen LogP contribution >= 0.6 is 0 Å². The molecular weight excluding hydrogens is 253 g/mol. The van der Waals surface area contributed by atoms with E-state index in [4.69, 9.17) is 0 Å². The third-order valence-corrected chi connectivity index (χ3v) is 3.65. The largest absolute Gasteiger partial charge is 0.306 e. The average Bonchev–Trinajstić information content (AvgIpc) is 2.75. The Balaban J connectivity index is 2.47. The smallest absolute Gasteiger partial charge is 0.128 e. The van der Waals surface area contributed by atoms with Gasteiger partial charge in [0.05, 0.1) is 12.2 Å². The molecule has 3 nitrogen and oxygen atoms in total. The maximum atomic E-state index is 14.2. The molecule has 2 rings (SSSR count). The topological polar surface area (TPSA) is 29.9 Å². The summed E-state index contributed by atoms with van der Waals surface area (Å²) >= 11 is 0. The lowest BCUT2D eigenvalue weighted by Gasteiger charge is -2.20. The minimum atomic E-state index is -0.174. The monoisotopic (exact) mass is 275 g/mol. The summed E-state index contributed by atoms with van der Waals surface area (Å²) in [7, 11) is 1.91. The summed E-state index contributed by atoms with van der Waals surface area (Å²) < 4.78 is 16.0. The van der Waals surface area contributed by atoms with E-state index in [1.165, 1.54) is 6.07 Å². The van der Waals surface area contributed by atoms with Crippen molar-refractivity contribution < 1.29 is 4.39 Å². The first-order chi connectivity index (χ1) is 9.54. The number of hydrogen-bond acceptors (Lipinski definition) is 2. The first kappa shape index (κ1) is 14.7. The Morgan fingerprint density at radius 1 is 1.30 bits per heavy atom. The van der Waals surface area contributed by atoms with Crippen molar-refractivity contribution in [1.82, 2.24) is 15.1 Å². The van der Waals surface area contributed by atoms with Gasteiger partial charge in [-0.05, 0) is 32.9 Å². The minimum absolute atomic E-state index is 0.149. The summed E-state index contributed by atoms with van der Waals surface area (Å²) in [4.78, 5) is 0. The van der Waals surface area contributed by atoms with Crippen LogP contribution in [0.4, 0.5) is 4.39 Å². The molecule has 1 unspecified atom stereocenters. The standard InChI is InChI=1S/C16H22FN3/c1-5-8-18-16(14-10-19-20(4)12(14)3)13-9-11(2)6-7-15(13)17/h6-7,9-10,16,18H,5,8H2,1-4H3. The van der Waals surface area contributed by atoms with E-state index in [9.17, 15) is 4.39 Å². The second-order valence-corrected chi connectivity index (χ2v) is 5.22. The molecule has 0 fully saturated rings. The van der Waals surface area contributed by atoms with Crippen molar-refractivity contribution in [1.29, 1.82) is 0 Å². The number of aromatic nitrogens is 2. The molecule has 0 spiro atoms. The van der Waals surface area contributed by atoms with Crippen LogP contribution in [0.1, 0.15) is 41.8 Å². The zero-order chi connectivity index (χ0) is 14.7. The lowest BCUT2D eigenvalue weighted by molar-refractivity contribution is 0.544. The average molecular weight is 275 g/mol. The molecule has 1 aromatic heterocycles. The van der Waals surface area contributed by atoms with Gasteiger partial charge in [0.15, 0.2) is 0 Å². The van der Waals surface area contributed by atoms with E-state index in [0.717, 1.165) is 29.8 Å². The summed E-state index contributed by atoms with van der Waals surface area (Å²) in [6.07, 6.45) is 2.83. The van der Waals surface area contributed by atoms with E-state index in [2.05, 4.69) is 17.3 Å². The summed E-state index contributed by atoms with van der Waals surface area (Å²) in [5, 5.41) is 7.71. The van der Waals surface area contributed by atoms with Gasteiger partial charge < -0.3 is 5.32 Å². The second kappa shape index (κ2) is 6.18. The van der Waals surface area contributed by atoms with Crippen LogP contribution in [0.2, 0.25) is 0 Å². The lowest BCUT2D eigenvalue weighted by atomic mass is 9.97. The molecule has 1 atom stereocenters. The summed E-state index contributed by atoms with van der Waals surface area (Å²) in [6, 6.07) is 5.10. The lowest BCUT2D eigenvalue weighted by Crippen LogP contribution is -2.24. The van der Waals surface area contributed by atoms with Crippen LogP contribution < -0.4 is 5.32 Å². The maximum absolute atomic E-state index is 14.2. The molecule has 1 aromatic carbocycles. The first-order valence-corrected chi connectivity index (χ1v) is 7.02. The highest BCUT2D eigenvalue weighted by Gasteiger charge is 2.21. The predicted molar refractivity (Wildman–Crippen MR) is 79.2 cm³/mol. The zero-order valence-corrected chi connectivity index (χ0v) is 12.6. The summed E-state index contributed by atoms with van der Waals surface area (Å²) in [5.74, 6) is -0.174. The Bertz CT molecular complexity index is 589. The number of rotatable bonds is 5. The fourth-order valence-corrected chi connectivity index (χ4v) is 2.36. The van der Waals surface area contributed by atoms with Gasteiger partial charge in [-0.3, -0.25) is 4.68 Å². The number of nitrogens with zero attached hydrogens (tertiary/aromatic N) is 2. The van der Waals surface area contributed by atoms with E-state index in [0.29, 0.717) is 5.56 Å². The van der Waals surface area contributed by atoms with Crippen molar-refractivity contribution in [2.24, 2.45) is 7.05 Å².